The monoisotopic (exact) mass is 407 g/mol. The average molecular weight is 408 g/mol. The Morgan fingerprint density at radius 2 is 1.93 bits per heavy atom. The number of nitrogens with one attached hydrogen (secondary N) is 1. The predicted octanol–water partition coefficient (Wildman–Crippen LogP) is 4.19. The molecule has 0 spiro atoms. The van der Waals surface area contributed by atoms with Crippen LogP contribution in [0.4, 0.5) is 0 Å². The molecule has 3 aromatic rings. The molecule has 4 rings (SSSR count). The number of thiazole rings is 1. The molecule has 7 heteroatoms. The van der Waals surface area contributed by atoms with Crippen molar-refractivity contribution in [3.63, 3.8) is 0 Å². The first-order valence-electron chi connectivity index (χ1n) is 10.2. The molecule has 1 amide bonds. The van der Waals surface area contributed by atoms with Gasteiger partial charge in [-0.25, -0.2) is 15.0 Å². The van der Waals surface area contributed by atoms with Gasteiger partial charge < -0.3 is 5.32 Å². The fraction of sp³-hybridized carbons (Fsp3) is 0.409. The largest absolute Gasteiger partial charge is 0.350 e. The smallest absolute Gasteiger partial charge is 0.263 e. The number of hydrogen-bond donors (Lipinski definition) is 1. The van der Waals surface area contributed by atoms with Gasteiger partial charge in [-0.05, 0) is 37.0 Å². The van der Waals surface area contributed by atoms with E-state index in [4.69, 9.17) is 0 Å². The van der Waals surface area contributed by atoms with Crippen molar-refractivity contribution in [1.29, 1.82) is 0 Å². The molecule has 150 valence electrons. The molecule has 29 heavy (non-hydrogen) atoms. The standard InChI is InChI=1S/C22H25N5OS/c1-2-17-18(29-21(27-17)19-24-12-7-13-25-19)20(28)26-15-22(9-4-3-5-10-22)16-8-6-11-23-14-16/h6-8,11-14H,2-5,9-10,15H2,1H3,(H,26,28). The van der Waals surface area contributed by atoms with Gasteiger partial charge in [-0.1, -0.05) is 32.3 Å². The zero-order valence-corrected chi connectivity index (χ0v) is 17.4. The maximum absolute atomic E-state index is 13.1. The number of pyridine rings is 1. The summed E-state index contributed by atoms with van der Waals surface area (Å²) in [5.41, 5.74) is 1.98. The van der Waals surface area contributed by atoms with Crippen LogP contribution in [-0.2, 0) is 11.8 Å². The Morgan fingerprint density at radius 1 is 1.14 bits per heavy atom. The third-order valence-corrected chi connectivity index (χ3v) is 6.76. The van der Waals surface area contributed by atoms with Gasteiger partial charge in [0.15, 0.2) is 10.8 Å². The van der Waals surface area contributed by atoms with E-state index in [1.165, 1.54) is 36.2 Å². The highest BCUT2D eigenvalue weighted by Crippen LogP contribution is 2.39. The number of hydrogen-bond acceptors (Lipinski definition) is 6. The highest BCUT2D eigenvalue weighted by Gasteiger charge is 2.35. The SMILES string of the molecule is CCc1nc(-c2ncccn2)sc1C(=O)NCC1(c2cccnc2)CCCCC1. The summed E-state index contributed by atoms with van der Waals surface area (Å²) in [6, 6.07) is 5.89. The van der Waals surface area contributed by atoms with Crippen molar-refractivity contribution in [3.8, 4) is 10.8 Å². The second-order valence-electron chi connectivity index (χ2n) is 7.49. The zero-order chi connectivity index (χ0) is 20.1. The minimum Gasteiger partial charge on any atom is -0.350 e. The molecular weight excluding hydrogens is 382 g/mol. The van der Waals surface area contributed by atoms with Crippen molar-refractivity contribution in [2.45, 2.75) is 50.9 Å². The van der Waals surface area contributed by atoms with Crippen molar-refractivity contribution in [2.24, 2.45) is 0 Å². The lowest BCUT2D eigenvalue weighted by Gasteiger charge is -2.37. The van der Waals surface area contributed by atoms with Gasteiger partial charge in [-0.3, -0.25) is 9.78 Å². The van der Waals surface area contributed by atoms with Gasteiger partial charge >= 0.3 is 0 Å². The molecule has 0 atom stereocenters. The third kappa shape index (κ3) is 4.19. The van der Waals surface area contributed by atoms with E-state index in [9.17, 15) is 4.79 Å². The van der Waals surface area contributed by atoms with Crippen LogP contribution < -0.4 is 5.32 Å². The molecular formula is C22H25N5OS. The number of aryl methyl sites for hydroxylation is 1. The van der Waals surface area contributed by atoms with E-state index >= 15 is 0 Å². The van der Waals surface area contributed by atoms with Crippen LogP contribution in [0.5, 0.6) is 0 Å². The summed E-state index contributed by atoms with van der Waals surface area (Å²) in [6.45, 7) is 2.63. The van der Waals surface area contributed by atoms with Gasteiger partial charge in [0, 0.05) is 36.7 Å². The van der Waals surface area contributed by atoms with Crippen LogP contribution in [0.2, 0.25) is 0 Å². The molecule has 0 unspecified atom stereocenters. The lowest BCUT2D eigenvalue weighted by atomic mass is 9.70. The zero-order valence-electron chi connectivity index (χ0n) is 16.6. The van der Waals surface area contributed by atoms with E-state index < -0.39 is 0 Å². The molecule has 1 N–H and O–H groups in total. The second kappa shape index (κ2) is 8.78. The van der Waals surface area contributed by atoms with Crippen LogP contribution in [0.25, 0.3) is 10.8 Å². The fourth-order valence-electron chi connectivity index (χ4n) is 4.08. The summed E-state index contributed by atoms with van der Waals surface area (Å²) in [5.74, 6) is 0.501. The summed E-state index contributed by atoms with van der Waals surface area (Å²) in [4.78, 5) is 31.2. The maximum atomic E-state index is 13.1. The van der Waals surface area contributed by atoms with E-state index in [-0.39, 0.29) is 11.3 Å². The van der Waals surface area contributed by atoms with Crippen LogP contribution in [-0.4, -0.2) is 32.4 Å². The average Bonchev–Trinajstić information content (AvgIpc) is 3.24. The van der Waals surface area contributed by atoms with Crippen molar-refractivity contribution < 1.29 is 4.79 Å². The van der Waals surface area contributed by atoms with Crippen LogP contribution in [0.1, 0.15) is 60.0 Å². The molecule has 0 radical (unpaired) electrons. The highest BCUT2D eigenvalue weighted by atomic mass is 32.1. The van der Waals surface area contributed by atoms with Crippen molar-refractivity contribution in [2.75, 3.05) is 6.54 Å². The van der Waals surface area contributed by atoms with E-state index in [0.717, 1.165) is 18.5 Å². The Kier molecular flexibility index (Phi) is 5.94. The van der Waals surface area contributed by atoms with Gasteiger partial charge in [0.05, 0.1) is 5.69 Å². The lowest BCUT2D eigenvalue weighted by Crippen LogP contribution is -2.42. The molecule has 0 aromatic carbocycles. The number of nitrogens with zero attached hydrogens (tertiary/aromatic N) is 4. The van der Waals surface area contributed by atoms with Crippen LogP contribution in [0, 0.1) is 0 Å². The van der Waals surface area contributed by atoms with Crippen molar-refractivity contribution in [3.05, 3.63) is 59.1 Å². The minimum atomic E-state index is -0.0598. The van der Waals surface area contributed by atoms with E-state index in [2.05, 4.69) is 31.3 Å². The predicted molar refractivity (Wildman–Crippen MR) is 114 cm³/mol. The number of rotatable bonds is 6. The summed E-state index contributed by atoms with van der Waals surface area (Å²) in [7, 11) is 0. The first-order valence-corrected chi connectivity index (χ1v) is 11.0. The molecule has 0 aliphatic heterocycles. The maximum Gasteiger partial charge on any atom is 0.263 e. The second-order valence-corrected chi connectivity index (χ2v) is 8.49. The summed E-state index contributed by atoms with van der Waals surface area (Å²) < 4.78 is 0. The topological polar surface area (TPSA) is 80.7 Å². The number of carbonyl (C=O) groups excluding carboxylic acids is 1. The normalized spacial score (nSPS) is 15.8. The molecule has 0 saturated heterocycles. The minimum absolute atomic E-state index is 0.0371. The number of amides is 1. The Morgan fingerprint density at radius 3 is 2.62 bits per heavy atom. The summed E-state index contributed by atoms with van der Waals surface area (Å²) in [6.07, 6.45) is 13.6. The Bertz CT molecular complexity index is 952. The molecule has 1 aliphatic rings. The van der Waals surface area contributed by atoms with Gasteiger partial charge in [0.25, 0.3) is 5.91 Å². The highest BCUT2D eigenvalue weighted by molar-refractivity contribution is 7.17. The number of carbonyl (C=O) groups is 1. The fourth-order valence-corrected chi connectivity index (χ4v) is 5.09. The van der Waals surface area contributed by atoms with Gasteiger partial charge in [0.2, 0.25) is 0 Å². The van der Waals surface area contributed by atoms with Gasteiger partial charge in [-0.2, -0.15) is 0 Å². The first kappa shape index (κ1) is 19.6. The Hall–Kier alpha value is -2.67. The number of aromatic nitrogens is 4. The van der Waals surface area contributed by atoms with Crippen LogP contribution in [0.15, 0.2) is 43.0 Å². The lowest BCUT2D eigenvalue weighted by molar-refractivity contribution is 0.0939. The molecule has 0 bridgehead atoms. The first-order chi connectivity index (χ1) is 14.2. The molecule has 1 fully saturated rings. The van der Waals surface area contributed by atoms with E-state index in [1.54, 1.807) is 24.7 Å². The Balaban J connectivity index is 1.55. The van der Waals surface area contributed by atoms with Crippen molar-refractivity contribution >= 4 is 17.2 Å². The molecule has 1 aliphatic carbocycles. The quantitative estimate of drug-likeness (QED) is 0.663. The van der Waals surface area contributed by atoms with E-state index in [0.29, 0.717) is 28.7 Å². The van der Waals surface area contributed by atoms with Gasteiger partial charge in [-0.15, -0.1) is 11.3 Å². The molecule has 3 heterocycles. The third-order valence-electron chi connectivity index (χ3n) is 5.67. The van der Waals surface area contributed by atoms with Gasteiger partial charge in [0.1, 0.15) is 4.88 Å². The summed E-state index contributed by atoms with van der Waals surface area (Å²) >= 11 is 1.37. The molecule has 3 aromatic heterocycles. The summed E-state index contributed by atoms with van der Waals surface area (Å²) in [5, 5.41) is 3.90. The molecule has 1 saturated carbocycles. The van der Waals surface area contributed by atoms with Crippen molar-refractivity contribution in [1.82, 2.24) is 25.3 Å². The Labute approximate surface area is 174 Å². The van der Waals surface area contributed by atoms with Crippen LogP contribution in [0.3, 0.4) is 0 Å². The molecule has 6 nitrogen and oxygen atoms in total. The van der Waals surface area contributed by atoms with E-state index in [1.807, 2.05) is 19.2 Å². The van der Waals surface area contributed by atoms with Crippen LogP contribution >= 0.6 is 11.3 Å².